The lowest BCUT2D eigenvalue weighted by Crippen LogP contribution is -2.53. The van der Waals surface area contributed by atoms with E-state index in [0.717, 1.165) is 5.56 Å². The Bertz CT molecular complexity index is 517. The number of hydrogen-bond acceptors (Lipinski definition) is 3. The van der Waals surface area contributed by atoms with Crippen LogP contribution >= 0.6 is 0 Å². The Morgan fingerprint density at radius 2 is 1.81 bits per heavy atom. The normalized spacial score (nSPS) is 14.3. The molecule has 114 valence electrons. The Hall–Kier alpha value is -1.86. The molecule has 0 heterocycles. The first-order valence-corrected chi connectivity index (χ1v) is 7.24. The molecule has 21 heavy (non-hydrogen) atoms. The standard InChI is InChI=1S/C17H25N3O/c1-13(2)17(5,12-18)20-15(21)11-19-16(3,4)14-9-7-6-8-10-14/h6-10,13,19H,11H2,1-5H3,(H,20,21)/t17-/m1/s1. The summed E-state index contributed by atoms with van der Waals surface area (Å²) in [5.41, 5.74) is -0.0283. The van der Waals surface area contributed by atoms with Crippen LogP contribution in [0.1, 0.15) is 40.2 Å². The lowest BCUT2D eigenvalue weighted by Gasteiger charge is -2.30. The van der Waals surface area contributed by atoms with Gasteiger partial charge in [0.1, 0.15) is 5.54 Å². The highest BCUT2D eigenvalue weighted by atomic mass is 16.2. The van der Waals surface area contributed by atoms with Gasteiger partial charge in [0.25, 0.3) is 0 Å². The van der Waals surface area contributed by atoms with Crippen molar-refractivity contribution < 1.29 is 4.79 Å². The van der Waals surface area contributed by atoms with Crippen molar-refractivity contribution in [3.63, 3.8) is 0 Å². The molecular formula is C17H25N3O. The van der Waals surface area contributed by atoms with Crippen LogP contribution in [0.25, 0.3) is 0 Å². The van der Waals surface area contributed by atoms with Crippen molar-refractivity contribution in [1.82, 2.24) is 10.6 Å². The fourth-order valence-electron chi connectivity index (χ4n) is 1.89. The quantitative estimate of drug-likeness (QED) is 0.845. The summed E-state index contributed by atoms with van der Waals surface area (Å²) in [4.78, 5) is 12.1. The third kappa shape index (κ3) is 4.57. The van der Waals surface area contributed by atoms with Gasteiger partial charge in [0.2, 0.25) is 5.91 Å². The molecule has 0 radical (unpaired) electrons. The van der Waals surface area contributed by atoms with Crippen LogP contribution in [0.3, 0.4) is 0 Å². The topological polar surface area (TPSA) is 64.9 Å². The lowest BCUT2D eigenvalue weighted by molar-refractivity contribution is -0.122. The predicted molar refractivity (Wildman–Crippen MR) is 84.5 cm³/mol. The number of hydrogen-bond donors (Lipinski definition) is 2. The fourth-order valence-corrected chi connectivity index (χ4v) is 1.89. The van der Waals surface area contributed by atoms with Gasteiger partial charge in [-0.3, -0.25) is 10.1 Å². The number of nitriles is 1. The van der Waals surface area contributed by atoms with Crippen LogP contribution in [0.4, 0.5) is 0 Å². The van der Waals surface area contributed by atoms with Crippen LogP contribution in [0.15, 0.2) is 30.3 Å². The summed E-state index contributed by atoms with van der Waals surface area (Å²) < 4.78 is 0. The average Bonchev–Trinajstić information content (AvgIpc) is 2.46. The van der Waals surface area contributed by atoms with E-state index in [9.17, 15) is 10.1 Å². The van der Waals surface area contributed by atoms with E-state index >= 15 is 0 Å². The van der Waals surface area contributed by atoms with Gasteiger partial charge < -0.3 is 5.32 Å². The summed E-state index contributed by atoms with van der Waals surface area (Å²) in [6.45, 7) is 9.82. The van der Waals surface area contributed by atoms with Gasteiger partial charge in [-0.05, 0) is 32.3 Å². The van der Waals surface area contributed by atoms with E-state index in [-0.39, 0.29) is 23.9 Å². The molecular weight excluding hydrogens is 262 g/mol. The Balaban J connectivity index is 2.63. The second kappa shape index (κ2) is 6.73. The number of benzene rings is 1. The summed E-state index contributed by atoms with van der Waals surface area (Å²) in [6, 6.07) is 12.1. The molecule has 1 rings (SSSR count). The summed E-state index contributed by atoms with van der Waals surface area (Å²) >= 11 is 0. The third-order valence-corrected chi connectivity index (χ3v) is 3.97. The first-order valence-electron chi connectivity index (χ1n) is 7.24. The predicted octanol–water partition coefficient (Wildman–Crippen LogP) is 2.57. The van der Waals surface area contributed by atoms with Crippen molar-refractivity contribution >= 4 is 5.91 Å². The molecule has 1 aromatic carbocycles. The van der Waals surface area contributed by atoms with Gasteiger partial charge in [0.15, 0.2) is 0 Å². The Morgan fingerprint density at radius 3 is 2.29 bits per heavy atom. The van der Waals surface area contributed by atoms with Crippen LogP contribution < -0.4 is 10.6 Å². The lowest BCUT2D eigenvalue weighted by atomic mass is 9.90. The van der Waals surface area contributed by atoms with Crippen molar-refractivity contribution in [1.29, 1.82) is 5.26 Å². The molecule has 2 N–H and O–H groups in total. The van der Waals surface area contributed by atoms with Gasteiger partial charge in [-0.2, -0.15) is 5.26 Å². The van der Waals surface area contributed by atoms with Gasteiger partial charge in [-0.15, -0.1) is 0 Å². The maximum absolute atomic E-state index is 12.1. The maximum atomic E-state index is 12.1. The average molecular weight is 287 g/mol. The van der Waals surface area contributed by atoms with E-state index in [1.54, 1.807) is 6.92 Å². The number of amides is 1. The Kier molecular flexibility index (Phi) is 5.51. The van der Waals surface area contributed by atoms with E-state index in [1.165, 1.54) is 0 Å². The van der Waals surface area contributed by atoms with Gasteiger partial charge in [-0.1, -0.05) is 44.2 Å². The first kappa shape index (κ1) is 17.2. The van der Waals surface area contributed by atoms with Crippen molar-refractivity contribution in [3.05, 3.63) is 35.9 Å². The number of carbonyl (C=O) groups is 1. The molecule has 0 aliphatic rings. The van der Waals surface area contributed by atoms with Crippen LogP contribution in [0.2, 0.25) is 0 Å². The minimum absolute atomic E-state index is 0.0496. The highest BCUT2D eigenvalue weighted by Crippen LogP contribution is 2.19. The number of nitrogens with zero attached hydrogens (tertiary/aromatic N) is 1. The van der Waals surface area contributed by atoms with Crippen molar-refractivity contribution in [3.8, 4) is 6.07 Å². The fraction of sp³-hybridized carbons (Fsp3) is 0.529. The molecule has 0 spiro atoms. The minimum Gasteiger partial charge on any atom is -0.337 e. The highest BCUT2D eigenvalue weighted by Gasteiger charge is 2.30. The van der Waals surface area contributed by atoms with E-state index in [4.69, 9.17) is 0 Å². The van der Waals surface area contributed by atoms with Crippen LogP contribution in [-0.2, 0) is 10.3 Å². The van der Waals surface area contributed by atoms with E-state index < -0.39 is 5.54 Å². The molecule has 4 heteroatoms. The van der Waals surface area contributed by atoms with Gasteiger partial charge >= 0.3 is 0 Å². The maximum Gasteiger partial charge on any atom is 0.235 e. The number of nitrogens with one attached hydrogen (secondary N) is 2. The summed E-state index contributed by atoms with van der Waals surface area (Å²) in [5, 5.41) is 15.3. The van der Waals surface area contributed by atoms with E-state index in [2.05, 4.69) is 16.7 Å². The molecule has 4 nitrogen and oxygen atoms in total. The molecule has 0 aliphatic carbocycles. The smallest absolute Gasteiger partial charge is 0.235 e. The molecule has 0 saturated carbocycles. The molecule has 0 unspecified atom stereocenters. The summed E-state index contributed by atoms with van der Waals surface area (Å²) in [6.07, 6.45) is 0. The summed E-state index contributed by atoms with van der Waals surface area (Å²) in [5.74, 6) is -0.120. The first-order chi connectivity index (χ1) is 9.71. The molecule has 0 aromatic heterocycles. The monoisotopic (exact) mass is 287 g/mol. The van der Waals surface area contributed by atoms with Crippen molar-refractivity contribution in [2.45, 2.75) is 45.7 Å². The molecule has 1 aromatic rings. The van der Waals surface area contributed by atoms with Gasteiger partial charge in [0.05, 0.1) is 12.6 Å². The van der Waals surface area contributed by atoms with E-state index in [1.807, 2.05) is 58.0 Å². The molecule has 0 saturated heterocycles. The minimum atomic E-state index is -0.838. The highest BCUT2D eigenvalue weighted by molar-refractivity contribution is 5.79. The number of carbonyl (C=O) groups excluding carboxylic acids is 1. The molecule has 1 atom stereocenters. The third-order valence-electron chi connectivity index (χ3n) is 3.97. The SMILES string of the molecule is CC(C)[C@@](C)(C#N)NC(=O)CNC(C)(C)c1ccccc1. The largest absolute Gasteiger partial charge is 0.337 e. The zero-order valence-electron chi connectivity index (χ0n) is 13.5. The van der Waals surface area contributed by atoms with Gasteiger partial charge in [-0.25, -0.2) is 0 Å². The number of rotatable bonds is 6. The molecule has 1 amide bonds. The molecule has 0 aliphatic heterocycles. The molecule has 0 fully saturated rings. The zero-order valence-corrected chi connectivity index (χ0v) is 13.5. The van der Waals surface area contributed by atoms with Crippen molar-refractivity contribution in [2.75, 3.05) is 6.54 Å². The Labute approximate surface area is 127 Å². The summed E-state index contributed by atoms with van der Waals surface area (Å²) in [7, 11) is 0. The van der Waals surface area contributed by atoms with Crippen LogP contribution in [0.5, 0.6) is 0 Å². The second-order valence-corrected chi connectivity index (χ2v) is 6.36. The van der Waals surface area contributed by atoms with Gasteiger partial charge in [0, 0.05) is 5.54 Å². The Morgan fingerprint density at radius 1 is 1.24 bits per heavy atom. The van der Waals surface area contributed by atoms with Crippen LogP contribution in [-0.4, -0.2) is 18.0 Å². The van der Waals surface area contributed by atoms with Crippen LogP contribution in [0, 0.1) is 17.2 Å². The zero-order chi connectivity index (χ0) is 16.1. The van der Waals surface area contributed by atoms with Crippen molar-refractivity contribution in [2.24, 2.45) is 5.92 Å². The second-order valence-electron chi connectivity index (χ2n) is 6.36. The van der Waals surface area contributed by atoms with E-state index in [0.29, 0.717) is 0 Å². The molecule has 0 bridgehead atoms.